The van der Waals surface area contributed by atoms with E-state index in [1.165, 1.54) is 12.2 Å². The Bertz CT molecular complexity index is 396. The van der Waals surface area contributed by atoms with Crippen LogP contribution in [-0.4, -0.2) is 28.9 Å². The molecular formula is C12H17N3OS. The van der Waals surface area contributed by atoms with Gasteiger partial charge in [0, 0.05) is 17.8 Å². The number of hydrogen-bond donors (Lipinski definition) is 2. The zero-order valence-electron chi connectivity index (χ0n) is 9.90. The molecule has 0 aliphatic carbocycles. The molecule has 17 heavy (non-hydrogen) atoms. The van der Waals surface area contributed by atoms with Crippen LogP contribution in [0.4, 0.5) is 5.82 Å². The van der Waals surface area contributed by atoms with Crippen LogP contribution < -0.4 is 11.1 Å². The molecule has 1 aliphatic rings. The van der Waals surface area contributed by atoms with E-state index in [1.54, 1.807) is 12.1 Å². The molecule has 5 heteroatoms. The maximum absolute atomic E-state index is 11.9. The molecule has 4 nitrogen and oxygen atoms in total. The van der Waals surface area contributed by atoms with E-state index in [9.17, 15) is 4.79 Å². The summed E-state index contributed by atoms with van der Waals surface area (Å²) in [5.74, 6) is 3.31. The number of pyridine rings is 1. The van der Waals surface area contributed by atoms with Crippen molar-refractivity contribution in [3.63, 3.8) is 0 Å². The smallest absolute Gasteiger partial charge is 0.251 e. The Morgan fingerprint density at radius 2 is 2.47 bits per heavy atom. The third-order valence-electron chi connectivity index (χ3n) is 2.81. The van der Waals surface area contributed by atoms with Gasteiger partial charge in [0.25, 0.3) is 5.91 Å². The fourth-order valence-electron chi connectivity index (χ4n) is 1.91. The van der Waals surface area contributed by atoms with E-state index in [0.29, 0.717) is 17.3 Å². The second kappa shape index (κ2) is 5.40. The molecule has 1 aliphatic heterocycles. The van der Waals surface area contributed by atoms with Gasteiger partial charge in [0.2, 0.25) is 0 Å². The highest BCUT2D eigenvalue weighted by Crippen LogP contribution is 2.22. The summed E-state index contributed by atoms with van der Waals surface area (Å²) in [5.41, 5.74) is 6.99. The summed E-state index contributed by atoms with van der Waals surface area (Å²) < 4.78 is 0. The number of rotatable bonds is 3. The number of carbonyl (C=O) groups excluding carboxylic acids is 1. The van der Waals surface area contributed by atoms with E-state index < -0.39 is 0 Å². The van der Waals surface area contributed by atoms with Crippen molar-refractivity contribution in [1.82, 2.24) is 10.3 Å². The van der Waals surface area contributed by atoms with Crippen molar-refractivity contribution in [3.8, 4) is 0 Å². The van der Waals surface area contributed by atoms with Gasteiger partial charge in [-0.3, -0.25) is 4.79 Å². The summed E-state index contributed by atoms with van der Waals surface area (Å²) in [6.07, 6.45) is 1.20. The van der Waals surface area contributed by atoms with Crippen molar-refractivity contribution < 1.29 is 4.79 Å². The van der Waals surface area contributed by atoms with Crippen molar-refractivity contribution in [3.05, 3.63) is 23.4 Å². The first-order valence-electron chi connectivity index (χ1n) is 5.75. The largest absolute Gasteiger partial charge is 0.384 e. The molecule has 3 N–H and O–H groups in total. The summed E-state index contributed by atoms with van der Waals surface area (Å²) in [6, 6.07) is 3.38. The molecule has 1 aromatic heterocycles. The zero-order chi connectivity index (χ0) is 12.3. The molecule has 1 unspecified atom stereocenters. The maximum Gasteiger partial charge on any atom is 0.251 e. The number of nitrogens with zero attached hydrogens (tertiary/aromatic N) is 1. The van der Waals surface area contributed by atoms with Crippen LogP contribution in [0.1, 0.15) is 22.5 Å². The number of nitrogen functional groups attached to an aromatic ring is 1. The topological polar surface area (TPSA) is 68.0 Å². The van der Waals surface area contributed by atoms with E-state index in [4.69, 9.17) is 5.73 Å². The van der Waals surface area contributed by atoms with Crippen LogP contribution in [-0.2, 0) is 0 Å². The highest BCUT2D eigenvalue weighted by atomic mass is 32.2. The first kappa shape index (κ1) is 12.2. The molecule has 0 radical (unpaired) electrons. The predicted octanol–water partition coefficient (Wildman–Crippen LogP) is 1.46. The molecule has 0 aromatic carbocycles. The highest BCUT2D eigenvalue weighted by Gasteiger charge is 2.16. The quantitative estimate of drug-likeness (QED) is 0.853. The van der Waals surface area contributed by atoms with Gasteiger partial charge >= 0.3 is 0 Å². The number of aryl methyl sites for hydroxylation is 1. The summed E-state index contributed by atoms with van der Waals surface area (Å²) in [4.78, 5) is 16.0. The summed E-state index contributed by atoms with van der Waals surface area (Å²) in [6.45, 7) is 2.59. The van der Waals surface area contributed by atoms with Crippen molar-refractivity contribution in [2.24, 2.45) is 5.92 Å². The van der Waals surface area contributed by atoms with E-state index in [-0.39, 0.29) is 5.91 Å². The molecule has 1 fully saturated rings. The predicted molar refractivity (Wildman–Crippen MR) is 71.2 cm³/mol. The Morgan fingerprint density at radius 1 is 1.65 bits per heavy atom. The Balaban J connectivity index is 1.94. The Hall–Kier alpha value is -1.23. The van der Waals surface area contributed by atoms with E-state index >= 15 is 0 Å². The number of thioether (sulfide) groups is 1. The van der Waals surface area contributed by atoms with E-state index in [1.807, 2.05) is 18.7 Å². The lowest BCUT2D eigenvalue weighted by molar-refractivity contribution is 0.0948. The summed E-state index contributed by atoms with van der Waals surface area (Å²) in [7, 11) is 0. The van der Waals surface area contributed by atoms with Gasteiger partial charge < -0.3 is 11.1 Å². The van der Waals surface area contributed by atoms with Crippen LogP contribution in [0.3, 0.4) is 0 Å². The third kappa shape index (κ3) is 3.36. The van der Waals surface area contributed by atoms with Gasteiger partial charge in [0.15, 0.2) is 0 Å². The number of hydrogen-bond acceptors (Lipinski definition) is 4. The lowest BCUT2D eigenvalue weighted by Gasteiger charge is -2.10. The second-order valence-corrected chi connectivity index (χ2v) is 5.51. The lowest BCUT2D eigenvalue weighted by Crippen LogP contribution is -2.29. The first-order valence-corrected chi connectivity index (χ1v) is 6.91. The average molecular weight is 251 g/mol. The molecule has 0 bridgehead atoms. The van der Waals surface area contributed by atoms with Crippen molar-refractivity contribution in [2.45, 2.75) is 13.3 Å². The van der Waals surface area contributed by atoms with Crippen LogP contribution in [0.25, 0.3) is 0 Å². The first-order chi connectivity index (χ1) is 8.15. The summed E-state index contributed by atoms with van der Waals surface area (Å²) in [5, 5.41) is 2.96. The second-order valence-electron chi connectivity index (χ2n) is 4.36. The minimum absolute atomic E-state index is 0.0564. The van der Waals surface area contributed by atoms with Crippen LogP contribution in [0, 0.1) is 12.8 Å². The fourth-order valence-corrected chi connectivity index (χ4v) is 3.19. The molecule has 2 rings (SSSR count). The van der Waals surface area contributed by atoms with Crippen LogP contribution in [0.5, 0.6) is 0 Å². The molecular weight excluding hydrogens is 234 g/mol. The van der Waals surface area contributed by atoms with E-state index in [0.717, 1.165) is 18.0 Å². The fraction of sp³-hybridized carbons (Fsp3) is 0.500. The number of anilines is 1. The molecule has 1 aromatic rings. The number of amides is 1. The number of nitrogens with two attached hydrogens (primary N) is 1. The molecule has 1 atom stereocenters. The van der Waals surface area contributed by atoms with Gasteiger partial charge in [-0.05, 0) is 42.9 Å². The standard InChI is InChI=1S/C12H17N3OS/c1-8-4-10(5-11(13)15-8)12(16)14-6-9-2-3-17-7-9/h4-5,9H,2-3,6-7H2,1H3,(H2,13,15)(H,14,16). The van der Waals surface area contributed by atoms with Crippen molar-refractivity contribution in [2.75, 3.05) is 23.8 Å². The zero-order valence-corrected chi connectivity index (χ0v) is 10.7. The Labute approximate surface area is 105 Å². The monoisotopic (exact) mass is 251 g/mol. The van der Waals surface area contributed by atoms with E-state index in [2.05, 4.69) is 10.3 Å². The molecule has 92 valence electrons. The molecule has 0 spiro atoms. The molecule has 1 saturated heterocycles. The van der Waals surface area contributed by atoms with Gasteiger partial charge in [-0.25, -0.2) is 4.98 Å². The maximum atomic E-state index is 11.9. The van der Waals surface area contributed by atoms with Crippen LogP contribution in [0.15, 0.2) is 12.1 Å². The number of carbonyl (C=O) groups is 1. The summed E-state index contributed by atoms with van der Waals surface area (Å²) >= 11 is 1.95. The van der Waals surface area contributed by atoms with Crippen molar-refractivity contribution >= 4 is 23.5 Å². The normalized spacial score (nSPS) is 19.2. The third-order valence-corrected chi connectivity index (χ3v) is 4.04. The molecule has 1 amide bonds. The van der Waals surface area contributed by atoms with Crippen LogP contribution in [0.2, 0.25) is 0 Å². The Morgan fingerprint density at radius 3 is 3.12 bits per heavy atom. The number of aromatic nitrogens is 1. The van der Waals surface area contributed by atoms with Crippen LogP contribution >= 0.6 is 11.8 Å². The highest BCUT2D eigenvalue weighted by molar-refractivity contribution is 7.99. The van der Waals surface area contributed by atoms with Gasteiger partial charge in [-0.2, -0.15) is 11.8 Å². The molecule has 0 saturated carbocycles. The minimum atomic E-state index is -0.0564. The van der Waals surface area contributed by atoms with Gasteiger partial charge in [0.05, 0.1) is 0 Å². The van der Waals surface area contributed by atoms with Crippen molar-refractivity contribution in [1.29, 1.82) is 0 Å². The number of nitrogens with one attached hydrogen (secondary N) is 1. The Kier molecular flexibility index (Phi) is 3.89. The van der Waals surface area contributed by atoms with Gasteiger partial charge in [-0.15, -0.1) is 0 Å². The SMILES string of the molecule is Cc1cc(C(=O)NCC2CCSC2)cc(N)n1. The lowest BCUT2D eigenvalue weighted by atomic mass is 10.1. The van der Waals surface area contributed by atoms with Gasteiger partial charge in [0.1, 0.15) is 5.82 Å². The van der Waals surface area contributed by atoms with Gasteiger partial charge in [-0.1, -0.05) is 0 Å². The average Bonchev–Trinajstić information content (AvgIpc) is 2.77. The molecule has 2 heterocycles. The minimum Gasteiger partial charge on any atom is -0.384 e.